The molecule has 1 fully saturated rings. The molecule has 13 heavy (non-hydrogen) atoms. The second-order valence-corrected chi connectivity index (χ2v) is 3.63. The quantitative estimate of drug-likeness (QED) is 0.694. The van der Waals surface area contributed by atoms with Crippen LogP contribution in [0, 0.1) is 0 Å². The van der Waals surface area contributed by atoms with Gasteiger partial charge in [-0.15, -0.1) is 5.10 Å². The minimum absolute atomic E-state index is 0.550. The third-order valence-corrected chi connectivity index (χ3v) is 2.60. The summed E-state index contributed by atoms with van der Waals surface area (Å²) in [6, 6.07) is 0.550. The van der Waals surface area contributed by atoms with E-state index in [1.54, 1.807) is 6.20 Å². The highest BCUT2D eigenvalue weighted by Crippen LogP contribution is 2.19. The summed E-state index contributed by atoms with van der Waals surface area (Å²) in [6.45, 7) is 5.78. The van der Waals surface area contributed by atoms with Crippen molar-refractivity contribution in [2.24, 2.45) is 0 Å². The van der Waals surface area contributed by atoms with Crippen LogP contribution in [0.4, 0.5) is 0 Å². The maximum atomic E-state index is 4.03. The Balaban J connectivity index is 1.91. The summed E-state index contributed by atoms with van der Waals surface area (Å²) >= 11 is 0. The van der Waals surface area contributed by atoms with Gasteiger partial charge in [-0.3, -0.25) is 0 Å². The van der Waals surface area contributed by atoms with Gasteiger partial charge in [0.1, 0.15) is 0 Å². The molecule has 1 aromatic heterocycles. The molecule has 1 aliphatic heterocycles. The summed E-state index contributed by atoms with van der Waals surface area (Å²) in [5, 5.41) is 7.87. The lowest BCUT2D eigenvalue weighted by atomic mass is 10.3. The van der Waals surface area contributed by atoms with Crippen LogP contribution in [-0.2, 0) is 0 Å². The Kier molecular flexibility index (Phi) is 2.59. The molecule has 2 rings (SSSR count). The molecular formula is C9H16N4. The Morgan fingerprint density at radius 3 is 3.15 bits per heavy atom. The van der Waals surface area contributed by atoms with E-state index in [0.29, 0.717) is 6.04 Å². The summed E-state index contributed by atoms with van der Waals surface area (Å²) in [5.41, 5.74) is 0. The Labute approximate surface area is 78.5 Å². The molecule has 0 amide bonds. The number of hydrogen-bond donors (Lipinski definition) is 0. The van der Waals surface area contributed by atoms with E-state index in [4.69, 9.17) is 0 Å². The maximum absolute atomic E-state index is 4.03. The van der Waals surface area contributed by atoms with Crippen LogP contribution >= 0.6 is 0 Å². The van der Waals surface area contributed by atoms with E-state index in [1.165, 1.54) is 25.9 Å². The highest BCUT2D eigenvalue weighted by atomic mass is 15.4. The predicted molar refractivity (Wildman–Crippen MR) is 50.4 cm³/mol. The van der Waals surface area contributed by atoms with Crippen LogP contribution in [-0.4, -0.2) is 39.5 Å². The minimum atomic E-state index is 0.550. The fraction of sp³-hybridized carbons (Fsp3) is 0.778. The molecule has 1 atom stereocenters. The average Bonchev–Trinajstić information content (AvgIpc) is 2.70. The predicted octanol–water partition coefficient (Wildman–Crippen LogP) is 0.935. The fourth-order valence-corrected chi connectivity index (χ4v) is 1.96. The number of likely N-dealkylation sites (tertiary alicyclic amines) is 1. The zero-order valence-corrected chi connectivity index (χ0v) is 8.06. The summed E-state index contributed by atoms with van der Waals surface area (Å²) in [4.78, 5) is 2.49. The molecule has 1 aliphatic rings. The first-order valence-corrected chi connectivity index (χ1v) is 4.98. The van der Waals surface area contributed by atoms with Crippen molar-refractivity contribution in [3.63, 3.8) is 0 Å². The van der Waals surface area contributed by atoms with Crippen molar-refractivity contribution in [2.75, 3.05) is 19.6 Å². The van der Waals surface area contributed by atoms with E-state index in [2.05, 4.69) is 22.1 Å². The maximum Gasteiger partial charge on any atom is 0.0693 e. The van der Waals surface area contributed by atoms with Crippen LogP contribution in [0.25, 0.3) is 0 Å². The molecule has 0 radical (unpaired) electrons. The first-order valence-electron chi connectivity index (χ1n) is 4.98. The van der Waals surface area contributed by atoms with Gasteiger partial charge in [0.05, 0.1) is 12.2 Å². The van der Waals surface area contributed by atoms with Gasteiger partial charge < -0.3 is 4.90 Å². The Bertz CT molecular complexity index is 244. The largest absolute Gasteiger partial charge is 0.301 e. The van der Waals surface area contributed by atoms with Crippen molar-refractivity contribution in [1.82, 2.24) is 19.9 Å². The van der Waals surface area contributed by atoms with Crippen molar-refractivity contribution in [2.45, 2.75) is 25.8 Å². The highest BCUT2D eigenvalue weighted by molar-refractivity contribution is 4.81. The topological polar surface area (TPSA) is 34.0 Å². The molecule has 0 saturated carbocycles. The summed E-state index contributed by atoms with van der Waals surface area (Å²) in [6.07, 6.45) is 6.16. The van der Waals surface area contributed by atoms with Gasteiger partial charge in [-0.05, 0) is 19.4 Å². The summed E-state index contributed by atoms with van der Waals surface area (Å²) in [5.74, 6) is 0. The van der Waals surface area contributed by atoms with Crippen LogP contribution in [0.1, 0.15) is 25.8 Å². The van der Waals surface area contributed by atoms with Gasteiger partial charge in [-0.1, -0.05) is 12.1 Å². The van der Waals surface area contributed by atoms with E-state index in [0.717, 1.165) is 6.54 Å². The molecular weight excluding hydrogens is 164 g/mol. The molecule has 1 unspecified atom stereocenters. The Hall–Kier alpha value is -0.900. The van der Waals surface area contributed by atoms with Crippen LogP contribution < -0.4 is 0 Å². The normalized spacial score (nSPS) is 23.9. The van der Waals surface area contributed by atoms with Crippen LogP contribution in [0.5, 0.6) is 0 Å². The van der Waals surface area contributed by atoms with Gasteiger partial charge in [0.2, 0.25) is 0 Å². The first-order chi connectivity index (χ1) is 6.40. The van der Waals surface area contributed by atoms with Crippen molar-refractivity contribution >= 4 is 0 Å². The average molecular weight is 180 g/mol. The number of aromatic nitrogens is 3. The fourth-order valence-electron chi connectivity index (χ4n) is 1.96. The molecule has 0 bridgehead atoms. The lowest BCUT2D eigenvalue weighted by molar-refractivity contribution is 0.318. The third kappa shape index (κ3) is 1.88. The van der Waals surface area contributed by atoms with Gasteiger partial charge in [0.15, 0.2) is 0 Å². The van der Waals surface area contributed by atoms with Crippen molar-refractivity contribution < 1.29 is 0 Å². The number of hydrogen-bond acceptors (Lipinski definition) is 3. The van der Waals surface area contributed by atoms with Crippen molar-refractivity contribution in [3.05, 3.63) is 12.4 Å². The van der Waals surface area contributed by atoms with E-state index in [-0.39, 0.29) is 0 Å². The Morgan fingerprint density at radius 2 is 2.46 bits per heavy atom. The van der Waals surface area contributed by atoms with Crippen molar-refractivity contribution in [3.8, 4) is 0 Å². The monoisotopic (exact) mass is 180 g/mol. The smallest absolute Gasteiger partial charge is 0.0693 e. The molecule has 0 spiro atoms. The van der Waals surface area contributed by atoms with Gasteiger partial charge in [-0.2, -0.15) is 0 Å². The van der Waals surface area contributed by atoms with E-state index in [1.807, 2.05) is 10.9 Å². The number of nitrogens with zero attached hydrogens (tertiary/aromatic N) is 4. The lowest BCUT2D eigenvalue weighted by Gasteiger charge is -2.14. The summed E-state index contributed by atoms with van der Waals surface area (Å²) in [7, 11) is 0. The van der Waals surface area contributed by atoms with Crippen LogP contribution in [0.2, 0.25) is 0 Å². The minimum Gasteiger partial charge on any atom is -0.301 e. The van der Waals surface area contributed by atoms with E-state index >= 15 is 0 Å². The molecule has 0 aromatic carbocycles. The molecule has 0 N–H and O–H groups in total. The standard InChI is InChI=1S/C9H16N4/c1-2-5-12-6-3-9(8-12)13-7-4-10-11-13/h4,7,9H,2-3,5-6,8H2,1H3. The van der Waals surface area contributed by atoms with E-state index in [9.17, 15) is 0 Å². The lowest BCUT2D eigenvalue weighted by Crippen LogP contribution is -2.22. The zero-order chi connectivity index (χ0) is 9.10. The van der Waals surface area contributed by atoms with E-state index < -0.39 is 0 Å². The van der Waals surface area contributed by atoms with Gasteiger partial charge in [0.25, 0.3) is 0 Å². The van der Waals surface area contributed by atoms with Gasteiger partial charge in [0, 0.05) is 19.3 Å². The molecule has 72 valence electrons. The molecule has 4 nitrogen and oxygen atoms in total. The van der Waals surface area contributed by atoms with Crippen LogP contribution in [0.15, 0.2) is 12.4 Å². The second kappa shape index (κ2) is 3.87. The molecule has 1 saturated heterocycles. The Morgan fingerprint density at radius 1 is 1.54 bits per heavy atom. The zero-order valence-electron chi connectivity index (χ0n) is 8.06. The third-order valence-electron chi connectivity index (χ3n) is 2.60. The van der Waals surface area contributed by atoms with Gasteiger partial charge >= 0.3 is 0 Å². The molecule has 4 heteroatoms. The highest BCUT2D eigenvalue weighted by Gasteiger charge is 2.23. The molecule has 0 aliphatic carbocycles. The van der Waals surface area contributed by atoms with Crippen LogP contribution in [0.3, 0.4) is 0 Å². The van der Waals surface area contributed by atoms with Gasteiger partial charge in [-0.25, -0.2) is 4.68 Å². The SMILES string of the molecule is CCCN1CCC(n2ccnn2)C1. The second-order valence-electron chi connectivity index (χ2n) is 3.63. The number of rotatable bonds is 3. The van der Waals surface area contributed by atoms with Crippen molar-refractivity contribution in [1.29, 1.82) is 0 Å². The summed E-state index contributed by atoms with van der Waals surface area (Å²) < 4.78 is 1.98. The molecule has 1 aromatic rings. The molecule has 2 heterocycles. The first kappa shape index (κ1) is 8.69.